The number of fused-ring (bicyclic) bond motifs is 1. The van der Waals surface area contributed by atoms with Crippen molar-refractivity contribution in [1.29, 1.82) is 0 Å². The fourth-order valence-corrected chi connectivity index (χ4v) is 2.77. The second-order valence-electron chi connectivity index (χ2n) is 5.27. The van der Waals surface area contributed by atoms with Gasteiger partial charge in [-0.15, -0.1) is 0 Å². The van der Waals surface area contributed by atoms with Gasteiger partial charge in [0.05, 0.1) is 5.10 Å². The Morgan fingerprint density at radius 2 is 2.10 bits per heavy atom. The fourth-order valence-electron chi connectivity index (χ4n) is 2.61. The van der Waals surface area contributed by atoms with Gasteiger partial charge >= 0.3 is 0 Å². The zero-order valence-electron chi connectivity index (χ0n) is 11.8. The smallest absolute Gasteiger partial charge is 0.290 e. The third kappa shape index (κ3) is 3.51. The summed E-state index contributed by atoms with van der Waals surface area (Å²) >= 11 is 5.93. The topological polar surface area (TPSA) is 68.0 Å². The molecule has 1 N–H and O–H groups in total. The van der Waals surface area contributed by atoms with Crippen LogP contribution in [0.25, 0.3) is 11.0 Å². The predicted molar refractivity (Wildman–Crippen MR) is 82.3 cm³/mol. The highest BCUT2D eigenvalue weighted by Crippen LogP contribution is 2.15. The number of likely N-dealkylation sites (tertiary alicyclic amines) is 1. The Hall–Kier alpha value is -1.66. The Morgan fingerprint density at radius 1 is 1.29 bits per heavy atom. The number of hydrogen-bond donors (Lipinski definition) is 1. The van der Waals surface area contributed by atoms with Gasteiger partial charge in [0.25, 0.3) is 11.5 Å². The number of rotatable bonds is 4. The van der Waals surface area contributed by atoms with Crippen molar-refractivity contribution in [3.8, 4) is 0 Å². The molecule has 1 aliphatic rings. The zero-order chi connectivity index (χ0) is 14.7. The van der Waals surface area contributed by atoms with E-state index in [-0.39, 0.29) is 0 Å². The maximum absolute atomic E-state index is 11.8. The summed E-state index contributed by atoms with van der Waals surface area (Å²) in [6.45, 7) is 3.97. The lowest BCUT2D eigenvalue weighted by Crippen LogP contribution is -2.36. The maximum atomic E-state index is 11.8. The molecule has 0 saturated carbocycles. The molecule has 0 spiro atoms. The maximum Gasteiger partial charge on any atom is 0.290 e. The van der Waals surface area contributed by atoms with Gasteiger partial charge in [-0.1, -0.05) is 18.0 Å². The largest absolute Gasteiger partial charge is 0.594 e. The Balaban J connectivity index is 1.66. The number of anilines is 1. The second kappa shape index (κ2) is 6.41. The molecule has 0 atom stereocenters. The molecule has 7 heteroatoms. The monoisotopic (exact) mass is 307 g/mol. The van der Waals surface area contributed by atoms with Gasteiger partial charge in [-0.05, 0) is 42.9 Å². The van der Waals surface area contributed by atoms with Crippen LogP contribution >= 0.6 is 11.6 Å². The van der Waals surface area contributed by atoms with Crippen LogP contribution in [-0.4, -0.2) is 41.2 Å². The summed E-state index contributed by atoms with van der Waals surface area (Å²) < 4.78 is 0. The van der Waals surface area contributed by atoms with Crippen LogP contribution in [0.15, 0.2) is 18.2 Å². The van der Waals surface area contributed by atoms with E-state index in [0.29, 0.717) is 26.8 Å². The summed E-state index contributed by atoms with van der Waals surface area (Å²) in [5, 5.41) is 19.4. The normalized spacial score (nSPS) is 16.2. The van der Waals surface area contributed by atoms with Crippen LogP contribution in [0, 0.1) is 5.21 Å². The molecule has 3 rings (SSSR count). The van der Waals surface area contributed by atoms with Crippen molar-refractivity contribution < 1.29 is 4.85 Å². The van der Waals surface area contributed by atoms with Crippen LogP contribution in [0.1, 0.15) is 19.3 Å². The summed E-state index contributed by atoms with van der Waals surface area (Å²) in [5.74, 6) is 0.344. The van der Waals surface area contributed by atoms with Gasteiger partial charge in [0.15, 0.2) is 0 Å². The van der Waals surface area contributed by atoms with Crippen molar-refractivity contribution >= 4 is 28.6 Å². The number of piperidine rings is 1. The Labute approximate surface area is 128 Å². The van der Waals surface area contributed by atoms with Gasteiger partial charge < -0.3 is 15.4 Å². The molecular formula is C14H18ClN5O. The van der Waals surface area contributed by atoms with Gasteiger partial charge in [0.2, 0.25) is 0 Å². The third-order valence-corrected chi connectivity index (χ3v) is 3.95. The number of halogens is 1. The highest BCUT2D eigenvalue weighted by Gasteiger charge is 2.12. The molecule has 1 aromatic heterocycles. The van der Waals surface area contributed by atoms with E-state index in [0.717, 1.165) is 26.2 Å². The van der Waals surface area contributed by atoms with E-state index in [1.165, 1.54) is 19.3 Å². The molecule has 21 heavy (non-hydrogen) atoms. The molecule has 2 heterocycles. The molecule has 2 aromatic rings. The molecule has 0 bridgehead atoms. The van der Waals surface area contributed by atoms with Crippen molar-refractivity contribution in [2.75, 3.05) is 31.5 Å². The zero-order valence-corrected chi connectivity index (χ0v) is 12.5. The molecule has 0 aliphatic carbocycles. The Morgan fingerprint density at radius 3 is 2.90 bits per heavy atom. The van der Waals surface area contributed by atoms with Crippen LogP contribution in [0.5, 0.6) is 0 Å². The van der Waals surface area contributed by atoms with E-state index in [4.69, 9.17) is 11.6 Å². The average Bonchev–Trinajstić information content (AvgIpc) is 2.48. The number of nitrogens with one attached hydrogen (secondary N) is 1. The lowest BCUT2D eigenvalue weighted by molar-refractivity contribution is -0.641. The van der Waals surface area contributed by atoms with Crippen molar-refractivity contribution in [2.45, 2.75) is 19.3 Å². The van der Waals surface area contributed by atoms with Gasteiger partial charge in [-0.3, -0.25) is 0 Å². The summed E-state index contributed by atoms with van der Waals surface area (Å²) in [6.07, 6.45) is 3.87. The lowest BCUT2D eigenvalue weighted by Gasteiger charge is -2.26. The lowest BCUT2D eigenvalue weighted by atomic mass is 10.1. The molecule has 112 valence electrons. The van der Waals surface area contributed by atoms with Crippen molar-refractivity contribution in [3.05, 3.63) is 28.4 Å². The van der Waals surface area contributed by atoms with Gasteiger partial charge in [-0.25, -0.2) is 4.98 Å². The Kier molecular flexibility index (Phi) is 4.36. The minimum atomic E-state index is 0.344. The third-order valence-electron chi connectivity index (χ3n) is 3.72. The van der Waals surface area contributed by atoms with E-state index in [2.05, 4.69) is 20.3 Å². The van der Waals surface area contributed by atoms with E-state index < -0.39 is 0 Å². The second-order valence-corrected chi connectivity index (χ2v) is 5.71. The van der Waals surface area contributed by atoms with Crippen molar-refractivity contribution in [1.82, 2.24) is 15.0 Å². The van der Waals surface area contributed by atoms with Gasteiger partial charge in [0, 0.05) is 24.2 Å². The number of hydrogen-bond acceptors (Lipinski definition) is 5. The average molecular weight is 308 g/mol. The van der Waals surface area contributed by atoms with E-state index in [1.807, 2.05) is 0 Å². The van der Waals surface area contributed by atoms with Gasteiger partial charge in [0.1, 0.15) is 5.52 Å². The van der Waals surface area contributed by atoms with E-state index in [9.17, 15) is 5.21 Å². The van der Waals surface area contributed by atoms with Crippen LogP contribution in [-0.2, 0) is 0 Å². The summed E-state index contributed by atoms with van der Waals surface area (Å²) in [6, 6.07) is 4.95. The minimum Gasteiger partial charge on any atom is -0.594 e. The number of benzene rings is 1. The quantitative estimate of drug-likeness (QED) is 0.689. The fraction of sp³-hybridized carbons (Fsp3) is 0.500. The standard InChI is InChI=1S/C14H18ClN5O/c15-11-4-5-13-12(10-11)17-14(18-20(13)21)16-6-9-19-7-2-1-3-8-19/h4-5,10H,1-3,6-9H2,(H,16,17,18). The number of aromatic nitrogens is 3. The highest BCUT2D eigenvalue weighted by atomic mass is 35.5. The first kappa shape index (κ1) is 14.3. The van der Waals surface area contributed by atoms with E-state index >= 15 is 0 Å². The molecule has 1 aromatic carbocycles. The molecule has 0 unspecified atom stereocenters. The van der Waals surface area contributed by atoms with Gasteiger partial charge in [-0.2, -0.15) is 0 Å². The van der Waals surface area contributed by atoms with Crippen LogP contribution < -0.4 is 10.2 Å². The van der Waals surface area contributed by atoms with Crippen molar-refractivity contribution in [2.24, 2.45) is 0 Å². The first-order valence-electron chi connectivity index (χ1n) is 7.26. The minimum absolute atomic E-state index is 0.344. The molecule has 0 amide bonds. The molecule has 6 nitrogen and oxygen atoms in total. The highest BCUT2D eigenvalue weighted by molar-refractivity contribution is 6.31. The summed E-state index contributed by atoms with van der Waals surface area (Å²) in [7, 11) is 0. The Bertz CT molecular complexity index is 630. The predicted octanol–water partition coefficient (Wildman–Crippen LogP) is 1.81. The molecule has 0 radical (unpaired) electrons. The van der Waals surface area contributed by atoms with Crippen LogP contribution in [0.2, 0.25) is 5.02 Å². The first-order valence-corrected chi connectivity index (χ1v) is 7.63. The van der Waals surface area contributed by atoms with E-state index in [1.54, 1.807) is 18.2 Å². The molecule has 1 saturated heterocycles. The van der Waals surface area contributed by atoms with Crippen LogP contribution in [0.4, 0.5) is 5.95 Å². The van der Waals surface area contributed by atoms with Crippen LogP contribution in [0.3, 0.4) is 0 Å². The first-order chi connectivity index (χ1) is 10.2. The SMILES string of the molecule is [O-][n+]1nc(NCCN2CCCCC2)nc2cc(Cl)ccc21. The molecule has 1 fully saturated rings. The number of nitrogens with zero attached hydrogens (tertiary/aromatic N) is 4. The molecule has 1 aliphatic heterocycles. The van der Waals surface area contributed by atoms with Crippen molar-refractivity contribution in [3.63, 3.8) is 0 Å². The summed E-state index contributed by atoms with van der Waals surface area (Å²) in [4.78, 5) is 7.34. The summed E-state index contributed by atoms with van der Waals surface area (Å²) in [5.41, 5.74) is 0.967. The molecular weight excluding hydrogens is 290 g/mol.